The Bertz CT molecular complexity index is 1310. The first-order valence-corrected chi connectivity index (χ1v) is 12.0. The summed E-state index contributed by atoms with van der Waals surface area (Å²) in [6, 6.07) is 16.0. The van der Waals surface area contributed by atoms with E-state index in [9.17, 15) is 9.18 Å². The molecule has 176 valence electrons. The Hall–Kier alpha value is -3.39. The smallest absolute Gasteiger partial charge is 0.192 e. The van der Waals surface area contributed by atoms with Crippen LogP contribution in [0, 0.1) is 19.7 Å². The lowest BCUT2D eigenvalue weighted by atomic mass is 10.2. The van der Waals surface area contributed by atoms with E-state index in [1.165, 1.54) is 23.9 Å². The summed E-state index contributed by atoms with van der Waals surface area (Å²) in [7, 11) is 1.63. The van der Waals surface area contributed by atoms with Gasteiger partial charge >= 0.3 is 0 Å². The number of Topliss-reactive ketones (excluding diaryl/α,β-unsaturated/α-hetero) is 1. The molecule has 0 spiro atoms. The van der Waals surface area contributed by atoms with E-state index in [2.05, 4.69) is 24.0 Å². The monoisotopic (exact) mass is 478 g/mol. The second-order valence-corrected chi connectivity index (χ2v) is 9.25. The van der Waals surface area contributed by atoms with Crippen LogP contribution in [0.25, 0.3) is 17.1 Å². The SMILES string of the molecule is COc1ccc(-c2nnc(SCC(=O)c3cc(C)n(-c4ccc(F)cc4)c3C)n2C(C)C)cc1. The highest BCUT2D eigenvalue weighted by atomic mass is 32.2. The number of aryl methyl sites for hydroxylation is 1. The van der Waals surface area contributed by atoms with E-state index >= 15 is 0 Å². The number of carbonyl (C=O) groups is 1. The van der Waals surface area contributed by atoms with Gasteiger partial charge in [-0.1, -0.05) is 11.8 Å². The van der Waals surface area contributed by atoms with Gasteiger partial charge in [-0.15, -0.1) is 10.2 Å². The number of thioether (sulfide) groups is 1. The summed E-state index contributed by atoms with van der Waals surface area (Å²) in [5, 5.41) is 9.47. The van der Waals surface area contributed by atoms with E-state index in [1.54, 1.807) is 19.2 Å². The number of ether oxygens (including phenoxy) is 1. The molecule has 34 heavy (non-hydrogen) atoms. The molecule has 0 amide bonds. The molecule has 2 aromatic carbocycles. The number of aromatic nitrogens is 4. The van der Waals surface area contributed by atoms with Crippen molar-refractivity contribution < 1.29 is 13.9 Å². The van der Waals surface area contributed by atoms with Crippen molar-refractivity contribution in [3.05, 3.63) is 77.4 Å². The molecule has 2 aromatic heterocycles. The van der Waals surface area contributed by atoms with Crippen molar-refractivity contribution in [3.63, 3.8) is 0 Å². The quantitative estimate of drug-likeness (QED) is 0.228. The van der Waals surface area contributed by atoms with Gasteiger partial charge in [-0.2, -0.15) is 0 Å². The fourth-order valence-corrected chi connectivity index (χ4v) is 4.97. The van der Waals surface area contributed by atoms with E-state index < -0.39 is 0 Å². The van der Waals surface area contributed by atoms with Crippen LogP contribution < -0.4 is 4.74 Å². The third-order valence-electron chi connectivity index (χ3n) is 5.68. The van der Waals surface area contributed by atoms with Gasteiger partial charge < -0.3 is 9.30 Å². The molecule has 0 saturated heterocycles. The third-order valence-corrected chi connectivity index (χ3v) is 6.62. The van der Waals surface area contributed by atoms with Crippen LogP contribution in [-0.4, -0.2) is 38.0 Å². The maximum absolute atomic E-state index is 13.3. The minimum Gasteiger partial charge on any atom is -0.497 e. The van der Waals surface area contributed by atoms with E-state index in [-0.39, 0.29) is 23.4 Å². The molecule has 0 aliphatic rings. The fraction of sp³-hybridized carbons (Fsp3) is 0.269. The standard InChI is InChI=1S/C26H27FN4O2S/c1-16(2)30-25(19-6-12-22(33-5)13-7-19)28-29-26(30)34-15-24(32)23-14-17(3)31(18(23)4)21-10-8-20(27)9-11-21/h6-14,16H,15H2,1-5H3. The maximum atomic E-state index is 13.3. The molecule has 0 radical (unpaired) electrons. The largest absolute Gasteiger partial charge is 0.497 e. The average Bonchev–Trinajstić information content (AvgIpc) is 3.39. The van der Waals surface area contributed by atoms with Crippen LogP contribution in [0.2, 0.25) is 0 Å². The van der Waals surface area contributed by atoms with Crippen molar-refractivity contribution in [1.29, 1.82) is 0 Å². The second-order valence-electron chi connectivity index (χ2n) is 8.31. The van der Waals surface area contributed by atoms with Crippen molar-refractivity contribution in [3.8, 4) is 22.8 Å². The molecule has 0 aliphatic carbocycles. The molecule has 0 fully saturated rings. The minimum atomic E-state index is -0.290. The van der Waals surface area contributed by atoms with Crippen molar-refractivity contribution in [2.45, 2.75) is 38.9 Å². The molecule has 8 heteroatoms. The van der Waals surface area contributed by atoms with Crippen molar-refractivity contribution >= 4 is 17.5 Å². The van der Waals surface area contributed by atoms with Gasteiger partial charge in [-0.05, 0) is 82.3 Å². The number of methoxy groups -OCH3 is 1. The predicted octanol–water partition coefficient (Wildman–Crippen LogP) is 6.06. The topological polar surface area (TPSA) is 61.9 Å². The molecule has 0 N–H and O–H groups in total. The van der Waals surface area contributed by atoms with Gasteiger partial charge in [0.2, 0.25) is 0 Å². The molecule has 6 nitrogen and oxygen atoms in total. The number of nitrogens with zero attached hydrogens (tertiary/aromatic N) is 4. The first-order valence-electron chi connectivity index (χ1n) is 11.0. The van der Waals surface area contributed by atoms with Crippen LogP contribution in [0.3, 0.4) is 0 Å². The molecular weight excluding hydrogens is 451 g/mol. The lowest BCUT2D eigenvalue weighted by Gasteiger charge is -2.14. The highest BCUT2D eigenvalue weighted by Crippen LogP contribution is 2.30. The Balaban J connectivity index is 1.56. The summed E-state index contributed by atoms with van der Waals surface area (Å²) in [4.78, 5) is 13.2. The lowest BCUT2D eigenvalue weighted by Crippen LogP contribution is -2.08. The summed E-state index contributed by atoms with van der Waals surface area (Å²) in [6.45, 7) is 7.99. The first kappa shape index (κ1) is 23.8. The molecular formula is C26H27FN4O2S. The number of hydrogen-bond acceptors (Lipinski definition) is 5. The fourth-order valence-electron chi connectivity index (χ4n) is 4.02. The number of hydrogen-bond donors (Lipinski definition) is 0. The normalized spacial score (nSPS) is 11.3. The number of ketones is 1. The maximum Gasteiger partial charge on any atom is 0.192 e. The Morgan fingerprint density at radius 1 is 1.06 bits per heavy atom. The number of benzene rings is 2. The van der Waals surface area contributed by atoms with E-state index in [4.69, 9.17) is 4.74 Å². The van der Waals surface area contributed by atoms with Crippen LogP contribution in [0.15, 0.2) is 59.8 Å². The highest BCUT2D eigenvalue weighted by Gasteiger charge is 2.21. The molecule has 2 heterocycles. The van der Waals surface area contributed by atoms with Crippen LogP contribution in [0.1, 0.15) is 41.6 Å². The molecule has 0 atom stereocenters. The minimum absolute atomic E-state index is 0.00997. The van der Waals surface area contributed by atoms with Gasteiger partial charge in [-0.3, -0.25) is 9.36 Å². The van der Waals surface area contributed by atoms with E-state index in [0.717, 1.165) is 34.2 Å². The molecule has 0 saturated carbocycles. The Labute approximate surface area is 202 Å². The summed E-state index contributed by atoms with van der Waals surface area (Å²) in [5.41, 5.74) is 4.17. The highest BCUT2D eigenvalue weighted by molar-refractivity contribution is 7.99. The summed E-state index contributed by atoms with van der Waals surface area (Å²) >= 11 is 1.38. The zero-order valence-corrected chi connectivity index (χ0v) is 20.7. The van der Waals surface area contributed by atoms with Crippen LogP contribution in [0.5, 0.6) is 5.75 Å². The van der Waals surface area contributed by atoms with Gasteiger partial charge in [0.15, 0.2) is 16.8 Å². The number of halogens is 1. The van der Waals surface area contributed by atoms with E-state index in [0.29, 0.717) is 10.7 Å². The van der Waals surface area contributed by atoms with E-state index in [1.807, 2.05) is 53.3 Å². The second kappa shape index (κ2) is 9.85. The Kier molecular flexibility index (Phi) is 6.88. The van der Waals surface area contributed by atoms with Crippen LogP contribution in [0.4, 0.5) is 4.39 Å². The molecule has 4 aromatic rings. The van der Waals surface area contributed by atoms with Gasteiger partial charge in [0.25, 0.3) is 0 Å². The Morgan fingerprint density at radius 2 is 1.74 bits per heavy atom. The third kappa shape index (κ3) is 4.63. The first-order chi connectivity index (χ1) is 16.3. The number of rotatable bonds is 8. The zero-order chi connectivity index (χ0) is 24.4. The molecule has 0 aliphatic heterocycles. The van der Waals surface area contributed by atoms with Crippen molar-refractivity contribution in [2.24, 2.45) is 0 Å². The molecule has 0 unspecified atom stereocenters. The van der Waals surface area contributed by atoms with Crippen LogP contribution in [-0.2, 0) is 0 Å². The Morgan fingerprint density at radius 3 is 2.35 bits per heavy atom. The van der Waals surface area contributed by atoms with Gasteiger partial charge in [-0.25, -0.2) is 4.39 Å². The van der Waals surface area contributed by atoms with Gasteiger partial charge in [0, 0.05) is 34.2 Å². The number of carbonyl (C=O) groups excluding carboxylic acids is 1. The molecule has 4 rings (SSSR count). The van der Waals surface area contributed by atoms with Gasteiger partial charge in [0.1, 0.15) is 11.6 Å². The average molecular weight is 479 g/mol. The zero-order valence-electron chi connectivity index (χ0n) is 19.9. The predicted molar refractivity (Wildman–Crippen MR) is 133 cm³/mol. The lowest BCUT2D eigenvalue weighted by molar-refractivity contribution is 0.102. The van der Waals surface area contributed by atoms with Gasteiger partial charge in [0.05, 0.1) is 12.9 Å². The van der Waals surface area contributed by atoms with Crippen molar-refractivity contribution in [2.75, 3.05) is 12.9 Å². The summed E-state index contributed by atoms with van der Waals surface area (Å²) in [5.74, 6) is 1.49. The van der Waals surface area contributed by atoms with Crippen LogP contribution >= 0.6 is 11.8 Å². The van der Waals surface area contributed by atoms with Crippen molar-refractivity contribution in [1.82, 2.24) is 19.3 Å². The molecule has 0 bridgehead atoms. The summed E-state index contributed by atoms with van der Waals surface area (Å²) < 4.78 is 22.6. The summed E-state index contributed by atoms with van der Waals surface area (Å²) in [6.07, 6.45) is 0.